The highest BCUT2D eigenvalue weighted by molar-refractivity contribution is 5.94. The first kappa shape index (κ1) is 13.5. The average molecular weight is 264 g/mol. The molecule has 1 aromatic carbocycles. The summed E-state index contributed by atoms with van der Waals surface area (Å²) in [6, 6.07) is 8.05. The lowest BCUT2D eigenvalue weighted by molar-refractivity contribution is -0.142. The second-order valence-corrected chi connectivity index (χ2v) is 4.40. The maximum atomic E-state index is 11.8. The lowest BCUT2D eigenvalue weighted by atomic mass is 10.2. The van der Waals surface area contributed by atoms with Crippen LogP contribution in [0.3, 0.4) is 0 Å². The molecule has 1 amide bonds. The van der Waals surface area contributed by atoms with E-state index in [9.17, 15) is 9.59 Å². The molecule has 0 aromatic heterocycles. The van der Waals surface area contributed by atoms with Crippen LogP contribution < -0.4 is 5.32 Å². The van der Waals surface area contributed by atoms with Gasteiger partial charge in [-0.15, -0.1) is 0 Å². The van der Waals surface area contributed by atoms with Crippen LogP contribution in [0, 0.1) is 0 Å². The zero-order valence-corrected chi connectivity index (χ0v) is 10.6. The number of amides is 1. The fraction of sp³-hybridized carbons (Fsp3) is 0.385. The molecule has 2 N–H and O–H groups in total. The predicted octanol–water partition coefficient (Wildman–Crippen LogP) is 0.505. The molecule has 1 heterocycles. The normalized spacial score (nSPS) is 23.2. The molecule has 6 nitrogen and oxygen atoms in total. The van der Waals surface area contributed by atoms with Gasteiger partial charge in [0.15, 0.2) is 0 Å². The average Bonchev–Trinajstić information content (AvgIpc) is 2.78. The van der Waals surface area contributed by atoms with E-state index >= 15 is 0 Å². The summed E-state index contributed by atoms with van der Waals surface area (Å²) in [5, 5.41) is 11.8. The molecule has 1 aromatic rings. The first-order valence-electron chi connectivity index (χ1n) is 6.01. The molecular formula is C13H16N2O4. The number of nitrogens with zero attached hydrogens (tertiary/aromatic N) is 1. The molecule has 1 fully saturated rings. The summed E-state index contributed by atoms with van der Waals surface area (Å²) >= 11 is 0. The Morgan fingerprint density at radius 1 is 1.42 bits per heavy atom. The Morgan fingerprint density at radius 3 is 2.74 bits per heavy atom. The summed E-state index contributed by atoms with van der Waals surface area (Å²) in [6.07, 6.45) is -0.383. The van der Waals surface area contributed by atoms with E-state index in [1.165, 1.54) is 0 Å². The van der Waals surface area contributed by atoms with Crippen LogP contribution in [0.5, 0.6) is 0 Å². The van der Waals surface area contributed by atoms with Gasteiger partial charge in [-0.05, 0) is 19.1 Å². The molecule has 0 saturated carbocycles. The second-order valence-electron chi connectivity index (χ2n) is 4.40. The number of carboxylic acids is 1. The smallest absolute Gasteiger partial charge is 0.323 e. The Balaban J connectivity index is 1.92. The van der Waals surface area contributed by atoms with Gasteiger partial charge in [-0.2, -0.15) is 0 Å². The SMILES string of the molecule is CC1OCN(CNC(=O)c2ccccc2)C1C(=O)O. The van der Waals surface area contributed by atoms with E-state index in [2.05, 4.69) is 5.32 Å². The number of hydrogen-bond donors (Lipinski definition) is 2. The summed E-state index contributed by atoms with van der Waals surface area (Å²) in [5.41, 5.74) is 0.544. The second kappa shape index (κ2) is 5.81. The summed E-state index contributed by atoms with van der Waals surface area (Å²) in [5.74, 6) is -1.18. The molecule has 1 aliphatic rings. The van der Waals surface area contributed by atoms with Crippen molar-refractivity contribution in [3.05, 3.63) is 35.9 Å². The summed E-state index contributed by atoms with van der Waals surface area (Å²) in [4.78, 5) is 24.5. The van der Waals surface area contributed by atoms with E-state index in [-0.39, 0.29) is 25.4 Å². The maximum absolute atomic E-state index is 11.8. The van der Waals surface area contributed by atoms with Gasteiger partial charge >= 0.3 is 5.97 Å². The van der Waals surface area contributed by atoms with Gasteiger partial charge in [-0.25, -0.2) is 4.90 Å². The van der Waals surface area contributed by atoms with Crippen LogP contribution >= 0.6 is 0 Å². The van der Waals surface area contributed by atoms with E-state index in [0.29, 0.717) is 5.56 Å². The van der Waals surface area contributed by atoms with Crippen LogP contribution in [-0.2, 0) is 9.53 Å². The number of carbonyl (C=O) groups is 2. The van der Waals surface area contributed by atoms with Crippen molar-refractivity contribution in [3.63, 3.8) is 0 Å². The van der Waals surface area contributed by atoms with Crippen molar-refractivity contribution in [1.29, 1.82) is 0 Å². The summed E-state index contributed by atoms with van der Waals surface area (Å²) in [7, 11) is 0. The number of hydrogen-bond acceptors (Lipinski definition) is 4. The van der Waals surface area contributed by atoms with E-state index in [4.69, 9.17) is 9.84 Å². The fourth-order valence-electron chi connectivity index (χ4n) is 2.05. The molecule has 1 saturated heterocycles. The van der Waals surface area contributed by atoms with Gasteiger partial charge in [0.25, 0.3) is 5.91 Å². The number of ether oxygens (including phenoxy) is 1. The van der Waals surface area contributed by atoms with Crippen molar-refractivity contribution in [2.45, 2.75) is 19.1 Å². The lowest BCUT2D eigenvalue weighted by Gasteiger charge is -2.20. The highest BCUT2D eigenvalue weighted by Crippen LogP contribution is 2.16. The van der Waals surface area contributed by atoms with Gasteiger partial charge in [0, 0.05) is 5.56 Å². The number of rotatable bonds is 4. The molecule has 0 radical (unpaired) electrons. The van der Waals surface area contributed by atoms with Crippen LogP contribution in [0.2, 0.25) is 0 Å². The van der Waals surface area contributed by atoms with Crippen molar-refractivity contribution in [2.24, 2.45) is 0 Å². The molecule has 0 spiro atoms. The number of aliphatic carboxylic acids is 1. The predicted molar refractivity (Wildman–Crippen MR) is 67.5 cm³/mol. The van der Waals surface area contributed by atoms with E-state index in [1.54, 1.807) is 36.1 Å². The van der Waals surface area contributed by atoms with Crippen molar-refractivity contribution in [1.82, 2.24) is 10.2 Å². The summed E-state index contributed by atoms with van der Waals surface area (Å²) in [6.45, 7) is 2.06. The Morgan fingerprint density at radius 2 is 2.11 bits per heavy atom. The molecule has 2 atom stereocenters. The third-order valence-corrected chi connectivity index (χ3v) is 3.07. The molecule has 2 rings (SSSR count). The molecule has 0 bridgehead atoms. The number of carboxylic acid groups (broad SMARTS) is 1. The topological polar surface area (TPSA) is 78.9 Å². The van der Waals surface area contributed by atoms with E-state index in [1.807, 2.05) is 6.07 Å². The highest BCUT2D eigenvalue weighted by atomic mass is 16.5. The van der Waals surface area contributed by atoms with Gasteiger partial charge in [-0.3, -0.25) is 9.59 Å². The van der Waals surface area contributed by atoms with Gasteiger partial charge in [0.2, 0.25) is 0 Å². The minimum Gasteiger partial charge on any atom is -0.480 e. The van der Waals surface area contributed by atoms with Crippen LogP contribution in [0.25, 0.3) is 0 Å². The van der Waals surface area contributed by atoms with Crippen LogP contribution in [0.15, 0.2) is 30.3 Å². The van der Waals surface area contributed by atoms with Gasteiger partial charge in [0.1, 0.15) is 12.8 Å². The van der Waals surface area contributed by atoms with Gasteiger partial charge in [-0.1, -0.05) is 18.2 Å². The molecule has 102 valence electrons. The number of nitrogens with one attached hydrogen (secondary N) is 1. The van der Waals surface area contributed by atoms with Crippen molar-refractivity contribution in [2.75, 3.05) is 13.4 Å². The van der Waals surface area contributed by atoms with Gasteiger partial charge < -0.3 is 15.2 Å². The molecule has 6 heteroatoms. The molecule has 0 aliphatic carbocycles. The minimum absolute atomic E-state index is 0.148. The Kier molecular flexibility index (Phi) is 4.13. The van der Waals surface area contributed by atoms with E-state index < -0.39 is 12.0 Å². The maximum Gasteiger partial charge on any atom is 0.323 e. The molecule has 2 unspecified atom stereocenters. The molecular weight excluding hydrogens is 248 g/mol. The van der Waals surface area contributed by atoms with E-state index in [0.717, 1.165) is 0 Å². The first-order chi connectivity index (χ1) is 9.09. The van der Waals surface area contributed by atoms with Crippen molar-refractivity contribution in [3.8, 4) is 0 Å². The fourth-order valence-corrected chi connectivity index (χ4v) is 2.05. The minimum atomic E-state index is -0.945. The molecule has 19 heavy (non-hydrogen) atoms. The quantitative estimate of drug-likeness (QED) is 0.828. The standard InChI is InChI=1S/C13H16N2O4/c1-9-11(13(17)18)15(8-19-9)7-14-12(16)10-5-3-2-4-6-10/h2-6,9,11H,7-8H2,1H3,(H,14,16)(H,17,18). The van der Waals surface area contributed by atoms with Crippen molar-refractivity contribution >= 4 is 11.9 Å². The van der Waals surface area contributed by atoms with Crippen LogP contribution in [0.4, 0.5) is 0 Å². The Bertz CT molecular complexity index is 463. The third-order valence-electron chi connectivity index (χ3n) is 3.07. The Hall–Kier alpha value is -1.92. The zero-order valence-electron chi connectivity index (χ0n) is 10.6. The van der Waals surface area contributed by atoms with Crippen LogP contribution in [-0.4, -0.2) is 47.4 Å². The van der Waals surface area contributed by atoms with Gasteiger partial charge in [0.05, 0.1) is 12.8 Å². The number of benzene rings is 1. The third kappa shape index (κ3) is 3.10. The largest absolute Gasteiger partial charge is 0.480 e. The summed E-state index contributed by atoms with van der Waals surface area (Å²) < 4.78 is 5.27. The Labute approximate surface area is 111 Å². The zero-order chi connectivity index (χ0) is 13.8. The monoisotopic (exact) mass is 264 g/mol. The molecule has 1 aliphatic heterocycles. The van der Waals surface area contributed by atoms with Crippen molar-refractivity contribution < 1.29 is 19.4 Å². The lowest BCUT2D eigenvalue weighted by Crippen LogP contribution is -2.46. The first-order valence-corrected chi connectivity index (χ1v) is 6.01. The highest BCUT2D eigenvalue weighted by Gasteiger charge is 2.37. The van der Waals surface area contributed by atoms with Crippen LogP contribution in [0.1, 0.15) is 17.3 Å². The number of carbonyl (C=O) groups excluding carboxylic acids is 1.